The first-order valence-corrected chi connectivity index (χ1v) is 9.72. The molecule has 0 unspecified atom stereocenters. The first kappa shape index (κ1) is 15.9. The third-order valence-corrected chi connectivity index (χ3v) is 6.26. The minimum atomic E-state index is -0.167. The van der Waals surface area contributed by atoms with Gasteiger partial charge in [0.25, 0.3) is 0 Å². The average molecular weight is 433 g/mol. The zero-order valence-corrected chi connectivity index (χ0v) is 15.6. The summed E-state index contributed by atoms with van der Waals surface area (Å²) in [6.45, 7) is 2.03. The maximum absolute atomic E-state index is 12.4. The Bertz CT molecular complexity index is 707. The van der Waals surface area contributed by atoms with Crippen LogP contribution in [0.5, 0.6) is 0 Å². The molecule has 0 bridgehead atoms. The van der Waals surface area contributed by atoms with Gasteiger partial charge in [0.05, 0.1) is 0 Å². The first-order chi connectivity index (χ1) is 11.7. The number of amides is 1. The van der Waals surface area contributed by atoms with Crippen LogP contribution in [0.2, 0.25) is 0 Å². The van der Waals surface area contributed by atoms with E-state index in [-0.39, 0.29) is 12.0 Å². The average Bonchev–Trinajstić information content (AvgIpc) is 2.94. The number of benzene rings is 2. The molecule has 4 rings (SSSR count). The summed E-state index contributed by atoms with van der Waals surface area (Å²) in [5, 5.41) is 0. The fraction of sp³-hybridized carbons (Fsp3) is 0.350. The van der Waals surface area contributed by atoms with E-state index < -0.39 is 0 Å². The molecule has 2 aliphatic rings. The summed E-state index contributed by atoms with van der Waals surface area (Å²) in [6, 6.07) is 16.9. The van der Waals surface area contributed by atoms with Gasteiger partial charge < -0.3 is 9.64 Å². The van der Waals surface area contributed by atoms with Gasteiger partial charge in [0.15, 0.2) is 0 Å². The molecule has 3 nitrogen and oxygen atoms in total. The summed E-state index contributed by atoms with van der Waals surface area (Å²) in [6.07, 6.45) is 1.95. The molecule has 1 saturated heterocycles. The van der Waals surface area contributed by atoms with Crippen molar-refractivity contribution in [3.63, 3.8) is 0 Å². The molecule has 0 N–H and O–H groups in total. The van der Waals surface area contributed by atoms with E-state index in [2.05, 4.69) is 71.1 Å². The molecule has 1 heterocycles. The van der Waals surface area contributed by atoms with E-state index in [4.69, 9.17) is 4.74 Å². The van der Waals surface area contributed by atoms with Gasteiger partial charge in [0.2, 0.25) is 0 Å². The second-order valence-electron chi connectivity index (χ2n) is 6.47. The summed E-state index contributed by atoms with van der Waals surface area (Å²) in [5.74, 6) is 0.142. The van der Waals surface area contributed by atoms with Gasteiger partial charge >= 0.3 is 6.09 Å². The molecule has 1 aliphatic carbocycles. The van der Waals surface area contributed by atoms with Crippen molar-refractivity contribution in [2.45, 2.75) is 22.7 Å². The van der Waals surface area contributed by atoms with Crippen LogP contribution in [0.4, 0.5) is 4.79 Å². The Labute approximate surface area is 156 Å². The van der Waals surface area contributed by atoms with Crippen molar-refractivity contribution in [3.05, 3.63) is 59.7 Å². The lowest BCUT2D eigenvalue weighted by Gasteiger charge is -2.29. The number of halogens is 1. The quantitative estimate of drug-likeness (QED) is 0.502. The lowest BCUT2D eigenvalue weighted by atomic mass is 9.98. The maximum atomic E-state index is 12.4. The molecule has 0 radical (unpaired) electrons. The third kappa shape index (κ3) is 2.92. The van der Waals surface area contributed by atoms with Crippen LogP contribution in [0.15, 0.2) is 48.5 Å². The Kier molecular flexibility index (Phi) is 4.48. The maximum Gasteiger partial charge on any atom is 0.409 e. The Balaban J connectivity index is 1.50. The highest BCUT2D eigenvalue weighted by Gasteiger charge is 2.30. The van der Waals surface area contributed by atoms with Gasteiger partial charge in [-0.3, -0.25) is 0 Å². The number of carbonyl (C=O) groups excluding carboxylic acids is 1. The van der Waals surface area contributed by atoms with Gasteiger partial charge in [-0.25, -0.2) is 4.79 Å². The van der Waals surface area contributed by atoms with E-state index in [1.54, 1.807) is 0 Å². The minimum absolute atomic E-state index is 0.142. The Morgan fingerprint density at radius 1 is 1.00 bits per heavy atom. The molecule has 4 heteroatoms. The second kappa shape index (κ2) is 6.75. The molecule has 1 amide bonds. The van der Waals surface area contributed by atoms with E-state index >= 15 is 0 Å². The number of ether oxygens (including phenoxy) is 1. The van der Waals surface area contributed by atoms with Gasteiger partial charge in [-0.1, -0.05) is 71.1 Å². The van der Waals surface area contributed by atoms with Gasteiger partial charge in [-0.2, -0.15) is 0 Å². The topological polar surface area (TPSA) is 29.5 Å². The SMILES string of the molecule is O=C(OCC1c2ccccc2-c2ccccc21)N1CCC(I)CC1. The van der Waals surface area contributed by atoms with Crippen LogP contribution < -0.4 is 0 Å². The van der Waals surface area contributed by atoms with Crippen LogP contribution in [-0.4, -0.2) is 34.6 Å². The van der Waals surface area contributed by atoms with Crippen molar-refractivity contribution < 1.29 is 9.53 Å². The number of rotatable bonds is 2. The highest BCUT2D eigenvalue weighted by Crippen LogP contribution is 2.44. The minimum Gasteiger partial charge on any atom is -0.448 e. The van der Waals surface area contributed by atoms with Crippen LogP contribution in [-0.2, 0) is 4.74 Å². The van der Waals surface area contributed by atoms with E-state index in [0.717, 1.165) is 25.9 Å². The zero-order valence-electron chi connectivity index (χ0n) is 13.5. The number of carbonyl (C=O) groups is 1. The standard InChI is InChI=1S/C20H20INO2/c21-14-9-11-22(12-10-14)20(23)24-13-19-17-7-3-1-5-15(17)16-6-2-4-8-18(16)19/h1-8,14,19H,9-13H2. The lowest BCUT2D eigenvalue weighted by Crippen LogP contribution is -2.39. The number of piperidine rings is 1. The van der Waals surface area contributed by atoms with Crippen molar-refractivity contribution in [3.8, 4) is 11.1 Å². The van der Waals surface area contributed by atoms with Crippen molar-refractivity contribution >= 4 is 28.7 Å². The molecule has 2 aromatic carbocycles. The molecule has 0 aromatic heterocycles. The molecule has 0 saturated carbocycles. The zero-order chi connectivity index (χ0) is 16.5. The number of hydrogen-bond acceptors (Lipinski definition) is 2. The molecular formula is C20H20INO2. The van der Waals surface area contributed by atoms with Crippen LogP contribution in [0.25, 0.3) is 11.1 Å². The fourth-order valence-electron chi connectivity index (χ4n) is 3.72. The number of likely N-dealkylation sites (tertiary alicyclic amines) is 1. The van der Waals surface area contributed by atoms with Crippen molar-refractivity contribution in [1.29, 1.82) is 0 Å². The predicted molar refractivity (Wildman–Crippen MR) is 104 cm³/mol. The highest BCUT2D eigenvalue weighted by molar-refractivity contribution is 14.1. The normalized spacial score (nSPS) is 17.5. The van der Waals surface area contributed by atoms with Crippen molar-refractivity contribution in [2.75, 3.05) is 19.7 Å². The van der Waals surface area contributed by atoms with Crippen LogP contribution in [0.1, 0.15) is 29.9 Å². The number of hydrogen-bond donors (Lipinski definition) is 0. The largest absolute Gasteiger partial charge is 0.448 e. The molecule has 24 heavy (non-hydrogen) atoms. The number of nitrogens with zero attached hydrogens (tertiary/aromatic N) is 1. The van der Waals surface area contributed by atoms with Gasteiger partial charge in [-0.15, -0.1) is 0 Å². The van der Waals surface area contributed by atoms with Crippen molar-refractivity contribution in [1.82, 2.24) is 4.90 Å². The van der Waals surface area contributed by atoms with E-state index in [1.165, 1.54) is 22.3 Å². The van der Waals surface area contributed by atoms with Crippen LogP contribution >= 0.6 is 22.6 Å². The number of fused-ring (bicyclic) bond motifs is 3. The monoisotopic (exact) mass is 433 g/mol. The molecule has 0 spiro atoms. The van der Waals surface area contributed by atoms with Gasteiger partial charge in [0.1, 0.15) is 6.61 Å². The van der Waals surface area contributed by atoms with Crippen LogP contribution in [0.3, 0.4) is 0 Å². The smallest absolute Gasteiger partial charge is 0.409 e. The molecule has 0 atom stereocenters. The van der Waals surface area contributed by atoms with E-state index in [9.17, 15) is 4.79 Å². The second-order valence-corrected chi connectivity index (χ2v) is 8.23. The summed E-state index contributed by atoms with van der Waals surface area (Å²) in [4.78, 5) is 14.2. The van der Waals surface area contributed by atoms with Gasteiger partial charge in [0, 0.05) is 22.9 Å². The highest BCUT2D eigenvalue weighted by atomic mass is 127. The molecule has 124 valence electrons. The van der Waals surface area contributed by atoms with Gasteiger partial charge in [-0.05, 0) is 35.1 Å². The Morgan fingerprint density at radius 2 is 1.54 bits per heavy atom. The molecule has 1 fully saturated rings. The van der Waals surface area contributed by atoms with Crippen molar-refractivity contribution in [2.24, 2.45) is 0 Å². The van der Waals surface area contributed by atoms with Crippen LogP contribution in [0, 0.1) is 0 Å². The predicted octanol–water partition coefficient (Wildman–Crippen LogP) is 4.83. The molecular weight excluding hydrogens is 413 g/mol. The fourth-order valence-corrected chi connectivity index (χ4v) is 4.27. The first-order valence-electron chi connectivity index (χ1n) is 8.48. The van der Waals surface area contributed by atoms with E-state index in [0.29, 0.717) is 10.5 Å². The Morgan fingerprint density at radius 3 is 2.12 bits per heavy atom. The third-order valence-electron chi connectivity index (χ3n) is 5.02. The summed E-state index contributed by atoms with van der Waals surface area (Å²) < 4.78 is 6.38. The van der Waals surface area contributed by atoms with E-state index in [1.807, 2.05) is 4.90 Å². The lowest BCUT2D eigenvalue weighted by molar-refractivity contribution is 0.0940. The summed E-state index contributed by atoms with van der Waals surface area (Å²) in [5.41, 5.74) is 5.05. The molecule has 2 aromatic rings. The summed E-state index contributed by atoms with van der Waals surface area (Å²) in [7, 11) is 0. The summed E-state index contributed by atoms with van der Waals surface area (Å²) >= 11 is 2.46. The Hall–Kier alpha value is -1.56. The molecule has 1 aliphatic heterocycles. The number of alkyl halides is 1.